The van der Waals surface area contributed by atoms with E-state index in [0.29, 0.717) is 24.7 Å². The van der Waals surface area contributed by atoms with Gasteiger partial charge < -0.3 is 9.47 Å². The molecule has 5 nitrogen and oxygen atoms in total. The molecule has 0 saturated carbocycles. The Kier molecular flexibility index (Phi) is 5.65. The molecule has 0 amide bonds. The van der Waals surface area contributed by atoms with Crippen molar-refractivity contribution in [3.63, 3.8) is 0 Å². The number of alkyl halides is 3. The first-order valence-electron chi connectivity index (χ1n) is 9.53. The maximum absolute atomic E-state index is 12.9. The summed E-state index contributed by atoms with van der Waals surface area (Å²) in [5.41, 5.74) is 2.74. The van der Waals surface area contributed by atoms with Crippen LogP contribution in [0.4, 0.5) is 13.2 Å². The standard InChI is InChI=1S/C19H28F3N5/c1-5-8-27-14(3)16(13(2)24-27)11-25(4)9-15-6-7-18-23-17(19(20,21)22)12-26(18)10-15/h12,15H,5-11H2,1-4H3/t15-/m1/s1. The third kappa shape index (κ3) is 4.36. The molecule has 0 fully saturated rings. The van der Waals surface area contributed by atoms with Crippen molar-refractivity contribution in [3.05, 3.63) is 34.7 Å². The number of aromatic nitrogens is 4. The van der Waals surface area contributed by atoms with Crippen molar-refractivity contribution >= 4 is 0 Å². The van der Waals surface area contributed by atoms with Crippen LogP contribution in [0.15, 0.2) is 6.20 Å². The lowest BCUT2D eigenvalue weighted by molar-refractivity contribution is -0.141. The van der Waals surface area contributed by atoms with Crippen LogP contribution in [-0.2, 0) is 32.2 Å². The van der Waals surface area contributed by atoms with E-state index in [2.05, 4.69) is 40.6 Å². The minimum Gasteiger partial charge on any atom is -0.334 e. The van der Waals surface area contributed by atoms with Crippen LogP contribution in [0.2, 0.25) is 0 Å². The summed E-state index contributed by atoms with van der Waals surface area (Å²) >= 11 is 0. The van der Waals surface area contributed by atoms with Crippen LogP contribution in [0.5, 0.6) is 0 Å². The molecule has 2 aromatic heterocycles. The van der Waals surface area contributed by atoms with E-state index in [0.717, 1.165) is 44.4 Å². The Morgan fingerprint density at radius 3 is 2.70 bits per heavy atom. The number of hydrogen-bond donors (Lipinski definition) is 0. The number of halogens is 3. The van der Waals surface area contributed by atoms with Gasteiger partial charge in [0.1, 0.15) is 5.82 Å². The van der Waals surface area contributed by atoms with Crippen LogP contribution in [0.25, 0.3) is 0 Å². The second-order valence-corrected chi connectivity index (χ2v) is 7.67. The highest BCUT2D eigenvalue weighted by atomic mass is 19.4. The first-order valence-corrected chi connectivity index (χ1v) is 9.53. The minimum atomic E-state index is -4.37. The Bertz CT molecular complexity index is 790. The Hall–Kier alpha value is -1.83. The monoisotopic (exact) mass is 383 g/mol. The van der Waals surface area contributed by atoms with Gasteiger partial charge in [0.2, 0.25) is 0 Å². The highest BCUT2D eigenvalue weighted by Gasteiger charge is 2.35. The molecular formula is C19H28F3N5. The number of imidazole rings is 1. The summed E-state index contributed by atoms with van der Waals surface area (Å²) in [6, 6.07) is 0. The number of rotatable bonds is 6. The molecule has 27 heavy (non-hydrogen) atoms. The van der Waals surface area contributed by atoms with E-state index >= 15 is 0 Å². The molecular weight excluding hydrogens is 355 g/mol. The number of fused-ring (bicyclic) bond motifs is 1. The molecule has 150 valence electrons. The Balaban J connectivity index is 1.63. The Morgan fingerprint density at radius 1 is 1.30 bits per heavy atom. The molecule has 8 heteroatoms. The van der Waals surface area contributed by atoms with Crippen molar-refractivity contribution in [1.82, 2.24) is 24.2 Å². The van der Waals surface area contributed by atoms with Crippen molar-refractivity contribution < 1.29 is 13.2 Å². The lowest BCUT2D eigenvalue weighted by atomic mass is 9.98. The van der Waals surface area contributed by atoms with Crippen LogP contribution in [0.3, 0.4) is 0 Å². The molecule has 0 aliphatic carbocycles. The Morgan fingerprint density at radius 2 is 2.04 bits per heavy atom. The van der Waals surface area contributed by atoms with Gasteiger partial charge in [0.05, 0.1) is 5.69 Å². The number of nitrogens with zero attached hydrogens (tertiary/aromatic N) is 5. The van der Waals surface area contributed by atoms with Gasteiger partial charge in [-0.3, -0.25) is 4.68 Å². The lowest BCUT2D eigenvalue weighted by Crippen LogP contribution is -2.31. The topological polar surface area (TPSA) is 38.9 Å². The molecule has 0 bridgehead atoms. The SMILES string of the molecule is CCCn1nc(C)c(CN(C)C[C@H]2CCc3nc(C(F)(F)F)cn3C2)c1C. The summed E-state index contributed by atoms with van der Waals surface area (Å²) in [6.45, 7) is 9.45. The average Bonchev–Trinajstić information content (AvgIpc) is 3.11. The normalized spacial score (nSPS) is 17.6. The molecule has 0 spiro atoms. The van der Waals surface area contributed by atoms with E-state index in [-0.39, 0.29) is 0 Å². The van der Waals surface area contributed by atoms with E-state index in [1.54, 1.807) is 4.57 Å². The van der Waals surface area contributed by atoms with Crippen LogP contribution in [0, 0.1) is 19.8 Å². The van der Waals surface area contributed by atoms with Crippen LogP contribution in [0.1, 0.15) is 48.2 Å². The van der Waals surface area contributed by atoms with Crippen molar-refractivity contribution in [2.45, 2.75) is 65.8 Å². The van der Waals surface area contributed by atoms with E-state index in [1.807, 2.05) is 6.92 Å². The molecule has 1 atom stereocenters. The quantitative estimate of drug-likeness (QED) is 0.761. The summed E-state index contributed by atoms with van der Waals surface area (Å²) in [5.74, 6) is 0.873. The number of hydrogen-bond acceptors (Lipinski definition) is 3. The molecule has 2 aromatic rings. The first-order chi connectivity index (χ1) is 12.7. The fraction of sp³-hybridized carbons (Fsp3) is 0.684. The third-order valence-electron chi connectivity index (χ3n) is 5.35. The zero-order chi connectivity index (χ0) is 19.8. The van der Waals surface area contributed by atoms with E-state index in [1.165, 1.54) is 11.3 Å². The maximum Gasteiger partial charge on any atom is 0.434 e. The van der Waals surface area contributed by atoms with Crippen molar-refractivity contribution in [1.29, 1.82) is 0 Å². The molecule has 1 aliphatic heterocycles. The van der Waals surface area contributed by atoms with Crippen LogP contribution in [-0.4, -0.2) is 37.8 Å². The summed E-state index contributed by atoms with van der Waals surface area (Å²) in [6.07, 6.45) is -0.700. The van der Waals surface area contributed by atoms with Gasteiger partial charge in [0.25, 0.3) is 0 Å². The highest BCUT2D eigenvalue weighted by molar-refractivity contribution is 5.24. The van der Waals surface area contributed by atoms with Crippen molar-refractivity contribution in [3.8, 4) is 0 Å². The molecule has 3 rings (SSSR count). The van der Waals surface area contributed by atoms with Gasteiger partial charge >= 0.3 is 6.18 Å². The predicted molar refractivity (Wildman–Crippen MR) is 97.4 cm³/mol. The predicted octanol–water partition coefficient (Wildman–Crippen LogP) is 3.82. The fourth-order valence-electron chi connectivity index (χ4n) is 3.97. The zero-order valence-corrected chi connectivity index (χ0v) is 16.5. The number of aryl methyl sites for hydroxylation is 3. The van der Waals surface area contributed by atoms with Gasteiger partial charge in [-0.15, -0.1) is 0 Å². The fourth-order valence-corrected chi connectivity index (χ4v) is 3.97. The maximum atomic E-state index is 12.9. The average molecular weight is 383 g/mol. The molecule has 3 heterocycles. The summed E-state index contributed by atoms with van der Waals surface area (Å²) in [5, 5.41) is 4.63. The highest BCUT2D eigenvalue weighted by Crippen LogP contribution is 2.31. The van der Waals surface area contributed by atoms with E-state index in [4.69, 9.17) is 0 Å². The summed E-state index contributed by atoms with van der Waals surface area (Å²) in [4.78, 5) is 6.01. The van der Waals surface area contributed by atoms with Gasteiger partial charge in [-0.25, -0.2) is 4.98 Å². The molecule has 1 aliphatic rings. The van der Waals surface area contributed by atoms with Crippen molar-refractivity contribution in [2.75, 3.05) is 13.6 Å². The second kappa shape index (κ2) is 7.66. The van der Waals surface area contributed by atoms with E-state index < -0.39 is 11.9 Å². The summed E-state index contributed by atoms with van der Waals surface area (Å²) in [7, 11) is 2.07. The van der Waals surface area contributed by atoms with Gasteiger partial charge in [-0.1, -0.05) is 6.92 Å². The van der Waals surface area contributed by atoms with Crippen LogP contribution >= 0.6 is 0 Å². The Labute approximate surface area is 158 Å². The first kappa shape index (κ1) is 19.9. The third-order valence-corrected chi connectivity index (χ3v) is 5.35. The smallest absolute Gasteiger partial charge is 0.334 e. The van der Waals surface area contributed by atoms with Crippen molar-refractivity contribution in [2.24, 2.45) is 5.92 Å². The van der Waals surface area contributed by atoms with E-state index in [9.17, 15) is 13.2 Å². The molecule has 0 aromatic carbocycles. The van der Waals surface area contributed by atoms with Gasteiger partial charge in [-0.2, -0.15) is 18.3 Å². The molecule has 0 saturated heterocycles. The largest absolute Gasteiger partial charge is 0.434 e. The second-order valence-electron chi connectivity index (χ2n) is 7.67. The zero-order valence-electron chi connectivity index (χ0n) is 16.5. The van der Waals surface area contributed by atoms with Gasteiger partial charge in [0.15, 0.2) is 5.69 Å². The molecule has 0 radical (unpaired) electrons. The lowest BCUT2D eigenvalue weighted by Gasteiger charge is -2.28. The van der Waals surface area contributed by atoms with Crippen LogP contribution < -0.4 is 0 Å². The molecule has 0 unspecified atom stereocenters. The van der Waals surface area contributed by atoms with Gasteiger partial charge in [0, 0.05) is 50.1 Å². The summed E-state index contributed by atoms with van der Waals surface area (Å²) < 4.78 is 42.3. The van der Waals surface area contributed by atoms with Gasteiger partial charge in [-0.05, 0) is 39.7 Å². The minimum absolute atomic E-state index is 0.323. The molecule has 0 N–H and O–H groups in total.